The summed E-state index contributed by atoms with van der Waals surface area (Å²) in [6.07, 6.45) is 1.59. The minimum absolute atomic E-state index is 0.119. The standard InChI is InChI=1S/C12H10N2O4.C2H6/c1-18-11-8-9(5-6-10(11)14(16)17)13-7-3-2-4-12(13)15;1-2/h2-8H,1H3;1-2H3. The average Bonchev–Trinajstić information content (AvgIpc) is 2.49. The van der Waals surface area contributed by atoms with Crippen LogP contribution in [0.4, 0.5) is 5.69 Å². The molecule has 1 heterocycles. The third-order valence-electron chi connectivity index (χ3n) is 2.46. The van der Waals surface area contributed by atoms with E-state index in [1.165, 1.54) is 35.9 Å². The summed E-state index contributed by atoms with van der Waals surface area (Å²) in [4.78, 5) is 21.8. The first-order chi connectivity index (χ1) is 9.63. The number of benzene rings is 1. The number of hydrogen-bond acceptors (Lipinski definition) is 4. The monoisotopic (exact) mass is 276 g/mol. The molecule has 0 spiro atoms. The fourth-order valence-corrected chi connectivity index (χ4v) is 1.61. The molecule has 0 aliphatic carbocycles. The first-order valence-electron chi connectivity index (χ1n) is 6.14. The molecule has 6 heteroatoms. The Morgan fingerprint density at radius 1 is 1.20 bits per heavy atom. The van der Waals surface area contributed by atoms with Crippen LogP contribution in [0.15, 0.2) is 47.4 Å². The molecule has 0 N–H and O–H groups in total. The molecule has 2 aromatic rings. The Kier molecular flexibility index (Phi) is 5.46. The van der Waals surface area contributed by atoms with Crippen LogP contribution in [0.3, 0.4) is 0 Å². The molecule has 0 radical (unpaired) electrons. The molecular weight excluding hydrogens is 260 g/mol. The topological polar surface area (TPSA) is 74.4 Å². The minimum Gasteiger partial charge on any atom is -0.490 e. The molecule has 0 aliphatic rings. The number of hydrogen-bond donors (Lipinski definition) is 0. The van der Waals surface area contributed by atoms with E-state index in [9.17, 15) is 14.9 Å². The van der Waals surface area contributed by atoms with Crippen molar-refractivity contribution in [2.75, 3.05) is 7.11 Å². The number of nitro groups is 1. The molecular formula is C14H16N2O4. The van der Waals surface area contributed by atoms with Crippen LogP contribution in [0.25, 0.3) is 5.69 Å². The van der Waals surface area contributed by atoms with Gasteiger partial charge in [-0.05, 0) is 12.1 Å². The van der Waals surface area contributed by atoms with E-state index in [1.807, 2.05) is 13.8 Å². The second-order valence-corrected chi connectivity index (χ2v) is 3.52. The molecule has 0 unspecified atom stereocenters. The van der Waals surface area contributed by atoms with Crippen LogP contribution in [0.1, 0.15) is 13.8 Å². The van der Waals surface area contributed by atoms with Crippen molar-refractivity contribution in [1.82, 2.24) is 4.57 Å². The summed E-state index contributed by atoms with van der Waals surface area (Å²) in [7, 11) is 1.35. The molecule has 0 saturated carbocycles. The van der Waals surface area contributed by atoms with Gasteiger partial charge in [0.2, 0.25) is 0 Å². The molecule has 1 aromatic carbocycles. The van der Waals surface area contributed by atoms with E-state index in [2.05, 4.69) is 0 Å². The Bertz CT molecular complexity index is 650. The van der Waals surface area contributed by atoms with Gasteiger partial charge in [-0.25, -0.2) is 0 Å². The Balaban J connectivity index is 0.000000956. The van der Waals surface area contributed by atoms with E-state index in [1.54, 1.807) is 18.3 Å². The van der Waals surface area contributed by atoms with Crippen LogP contribution in [0.5, 0.6) is 5.75 Å². The van der Waals surface area contributed by atoms with Gasteiger partial charge >= 0.3 is 5.69 Å². The highest BCUT2D eigenvalue weighted by Gasteiger charge is 2.15. The van der Waals surface area contributed by atoms with Crippen LogP contribution in [-0.4, -0.2) is 16.6 Å². The summed E-state index contributed by atoms with van der Waals surface area (Å²) < 4.78 is 6.33. The van der Waals surface area contributed by atoms with Crippen molar-refractivity contribution in [1.29, 1.82) is 0 Å². The number of ether oxygens (including phenoxy) is 1. The minimum atomic E-state index is -0.531. The molecule has 0 atom stereocenters. The van der Waals surface area contributed by atoms with Gasteiger partial charge in [0.05, 0.1) is 17.7 Å². The Morgan fingerprint density at radius 2 is 1.90 bits per heavy atom. The summed E-state index contributed by atoms with van der Waals surface area (Å²) in [6.45, 7) is 4.00. The molecule has 6 nitrogen and oxygen atoms in total. The quantitative estimate of drug-likeness (QED) is 0.638. The maximum atomic E-state index is 11.6. The predicted octanol–water partition coefficient (Wildman–Crippen LogP) is 2.78. The summed E-state index contributed by atoms with van der Waals surface area (Å²) in [5.41, 5.74) is 0.168. The van der Waals surface area contributed by atoms with E-state index in [0.29, 0.717) is 5.69 Å². The van der Waals surface area contributed by atoms with Crippen molar-refractivity contribution in [3.8, 4) is 11.4 Å². The highest BCUT2D eigenvalue weighted by Crippen LogP contribution is 2.28. The number of pyridine rings is 1. The van der Waals surface area contributed by atoms with Gasteiger partial charge in [0.1, 0.15) is 0 Å². The van der Waals surface area contributed by atoms with Crippen molar-refractivity contribution >= 4 is 5.69 Å². The fourth-order valence-electron chi connectivity index (χ4n) is 1.61. The molecule has 106 valence electrons. The Hall–Kier alpha value is -2.63. The van der Waals surface area contributed by atoms with Crippen LogP contribution in [0, 0.1) is 10.1 Å². The van der Waals surface area contributed by atoms with Crippen molar-refractivity contribution in [2.24, 2.45) is 0 Å². The number of aromatic nitrogens is 1. The Labute approximate surface area is 116 Å². The normalized spacial score (nSPS) is 9.35. The molecule has 0 amide bonds. The molecule has 20 heavy (non-hydrogen) atoms. The zero-order valence-electron chi connectivity index (χ0n) is 11.6. The van der Waals surface area contributed by atoms with Gasteiger partial charge in [-0.2, -0.15) is 0 Å². The van der Waals surface area contributed by atoms with Crippen LogP contribution in [0.2, 0.25) is 0 Å². The fraction of sp³-hybridized carbons (Fsp3) is 0.214. The first-order valence-corrected chi connectivity index (χ1v) is 6.14. The zero-order chi connectivity index (χ0) is 15.1. The van der Waals surface area contributed by atoms with Crippen molar-refractivity contribution in [2.45, 2.75) is 13.8 Å². The van der Waals surface area contributed by atoms with E-state index in [4.69, 9.17) is 4.74 Å². The van der Waals surface area contributed by atoms with Crippen molar-refractivity contribution in [3.05, 3.63) is 63.1 Å². The lowest BCUT2D eigenvalue weighted by molar-refractivity contribution is -0.385. The van der Waals surface area contributed by atoms with E-state index < -0.39 is 4.92 Å². The highest BCUT2D eigenvalue weighted by molar-refractivity contribution is 5.53. The largest absolute Gasteiger partial charge is 0.490 e. The van der Waals surface area contributed by atoms with Gasteiger partial charge in [-0.15, -0.1) is 0 Å². The molecule has 0 fully saturated rings. The van der Waals surface area contributed by atoms with Crippen LogP contribution < -0.4 is 10.3 Å². The summed E-state index contributed by atoms with van der Waals surface area (Å²) >= 11 is 0. The lowest BCUT2D eigenvalue weighted by atomic mass is 10.2. The third-order valence-corrected chi connectivity index (χ3v) is 2.46. The zero-order valence-corrected chi connectivity index (χ0v) is 11.6. The smallest absolute Gasteiger partial charge is 0.311 e. The summed E-state index contributed by atoms with van der Waals surface area (Å²) in [6, 6.07) is 9.01. The summed E-state index contributed by atoms with van der Waals surface area (Å²) in [5, 5.41) is 10.8. The van der Waals surface area contributed by atoms with Gasteiger partial charge in [-0.1, -0.05) is 19.9 Å². The van der Waals surface area contributed by atoms with Gasteiger partial charge < -0.3 is 4.74 Å². The Morgan fingerprint density at radius 3 is 2.45 bits per heavy atom. The van der Waals surface area contributed by atoms with Crippen LogP contribution >= 0.6 is 0 Å². The molecule has 1 aromatic heterocycles. The van der Waals surface area contributed by atoms with Gasteiger partial charge in [0.15, 0.2) is 5.75 Å². The number of methoxy groups -OCH3 is 1. The number of nitrogens with zero attached hydrogens (tertiary/aromatic N) is 2. The van der Waals surface area contributed by atoms with Crippen molar-refractivity contribution in [3.63, 3.8) is 0 Å². The second-order valence-electron chi connectivity index (χ2n) is 3.52. The third kappa shape index (κ3) is 3.23. The first kappa shape index (κ1) is 15.4. The van der Waals surface area contributed by atoms with Crippen LogP contribution in [-0.2, 0) is 0 Å². The molecule has 0 aliphatic heterocycles. The van der Waals surface area contributed by atoms with E-state index in [0.717, 1.165) is 0 Å². The highest BCUT2D eigenvalue weighted by atomic mass is 16.6. The van der Waals surface area contributed by atoms with Gasteiger partial charge in [0.25, 0.3) is 5.56 Å². The second kappa shape index (κ2) is 7.08. The molecule has 0 saturated heterocycles. The lowest BCUT2D eigenvalue weighted by Gasteiger charge is -2.07. The number of rotatable bonds is 3. The molecule has 2 rings (SSSR count). The average molecular weight is 276 g/mol. The maximum absolute atomic E-state index is 11.6. The van der Waals surface area contributed by atoms with Gasteiger partial charge in [-0.3, -0.25) is 19.5 Å². The van der Waals surface area contributed by atoms with Crippen molar-refractivity contribution < 1.29 is 9.66 Å². The maximum Gasteiger partial charge on any atom is 0.311 e. The SMILES string of the molecule is CC.COc1cc(-n2ccccc2=O)ccc1[N+](=O)[O-]. The number of nitro benzene ring substituents is 1. The van der Waals surface area contributed by atoms with E-state index >= 15 is 0 Å². The lowest BCUT2D eigenvalue weighted by Crippen LogP contribution is -2.15. The van der Waals surface area contributed by atoms with Gasteiger partial charge in [0, 0.05) is 24.4 Å². The predicted molar refractivity (Wildman–Crippen MR) is 76.6 cm³/mol. The van der Waals surface area contributed by atoms with E-state index in [-0.39, 0.29) is 17.0 Å². The summed E-state index contributed by atoms with van der Waals surface area (Å²) in [5.74, 6) is 0.119. The molecule has 0 bridgehead atoms.